The largest absolute Gasteiger partial charge is 0.497 e. The number of hydrogen-bond acceptors (Lipinski definition) is 4. The Hall–Kier alpha value is -4.17. The van der Waals surface area contributed by atoms with Gasteiger partial charge in [-0.3, -0.25) is 9.78 Å². The molecule has 0 radical (unpaired) electrons. The second kappa shape index (κ2) is 10.6. The predicted octanol–water partition coefficient (Wildman–Crippen LogP) is 4.88. The van der Waals surface area contributed by atoms with E-state index in [9.17, 15) is 4.79 Å². The molecule has 36 heavy (non-hydrogen) atoms. The zero-order valence-electron chi connectivity index (χ0n) is 19.9. The van der Waals surface area contributed by atoms with Crippen LogP contribution in [0.25, 0.3) is 5.69 Å². The highest BCUT2D eigenvalue weighted by Crippen LogP contribution is 2.39. The average molecular weight is 498 g/mol. The van der Waals surface area contributed by atoms with Crippen molar-refractivity contribution >= 4 is 28.9 Å². The maximum absolute atomic E-state index is 12.7. The number of methoxy groups -OCH3 is 1. The van der Waals surface area contributed by atoms with Gasteiger partial charge >= 0.3 is 0 Å². The molecule has 7 nitrogen and oxygen atoms in total. The molecule has 1 aliphatic rings. The summed E-state index contributed by atoms with van der Waals surface area (Å²) in [5, 5.41) is 7.02. The monoisotopic (exact) mass is 497 g/mol. The van der Waals surface area contributed by atoms with Gasteiger partial charge in [-0.1, -0.05) is 30.3 Å². The Morgan fingerprint density at radius 1 is 1.06 bits per heavy atom. The Morgan fingerprint density at radius 2 is 1.89 bits per heavy atom. The minimum absolute atomic E-state index is 0.0628. The standard InChI is InChI=1S/C28H27N5O2S/c1-35-22-12-7-11-21(19-22)32-17-8-14-24(32)27-26(23-13-5-6-16-29-23)31-28(36)33(27)18-15-25(34)30-20-9-3-2-4-10-20/h2-14,16-17,19,26-27H,15,18H2,1H3,(H,30,34)(H,31,36). The van der Waals surface area contributed by atoms with E-state index in [4.69, 9.17) is 17.0 Å². The van der Waals surface area contributed by atoms with E-state index in [2.05, 4.69) is 31.2 Å². The quantitative estimate of drug-likeness (QED) is 0.338. The van der Waals surface area contributed by atoms with Crippen molar-refractivity contribution in [3.63, 3.8) is 0 Å². The fraction of sp³-hybridized carbons (Fsp3) is 0.179. The van der Waals surface area contributed by atoms with Crippen molar-refractivity contribution in [1.82, 2.24) is 19.8 Å². The van der Waals surface area contributed by atoms with Crippen molar-refractivity contribution in [2.24, 2.45) is 0 Å². The van der Waals surface area contributed by atoms with Crippen LogP contribution in [0.4, 0.5) is 5.69 Å². The van der Waals surface area contributed by atoms with Gasteiger partial charge in [-0.15, -0.1) is 0 Å². The van der Waals surface area contributed by atoms with E-state index in [-0.39, 0.29) is 18.0 Å². The van der Waals surface area contributed by atoms with Gasteiger partial charge in [-0.05, 0) is 60.7 Å². The molecule has 8 heteroatoms. The molecule has 0 bridgehead atoms. The number of carbonyl (C=O) groups is 1. The highest BCUT2D eigenvalue weighted by atomic mass is 32.1. The van der Waals surface area contributed by atoms with E-state index >= 15 is 0 Å². The second-order valence-electron chi connectivity index (χ2n) is 8.49. The average Bonchev–Trinajstić information content (AvgIpc) is 3.53. The summed E-state index contributed by atoms with van der Waals surface area (Å²) in [7, 11) is 1.66. The van der Waals surface area contributed by atoms with Gasteiger partial charge in [0.25, 0.3) is 0 Å². The molecule has 1 aliphatic heterocycles. The molecule has 3 heterocycles. The van der Waals surface area contributed by atoms with Crippen LogP contribution in [0.5, 0.6) is 5.75 Å². The van der Waals surface area contributed by atoms with E-state index in [1.807, 2.05) is 85.1 Å². The van der Waals surface area contributed by atoms with Crippen LogP contribution in [-0.4, -0.2) is 39.1 Å². The summed E-state index contributed by atoms with van der Waals surface area (Å²) in [6, 6.07) is 27.0. The summed E-state index contributed by atoms with van der Waals surface area (Å²) in [4.78, 5) is 19.4. The number of amides is 1. The van der Waals surface area contributed by atoms with Gasteiger partial charge < -0.3 is 24.8 Å². The highest BCUT2D eigenvalue weighted by molar-refractivity contribution is 7.80. The van der Waals surface area contributed by atoms with Gasteiger partial charge in [0.2, 0.25) is 5.91 Å². The van der Waals surface area contributed by atoms with Crippen LogP contribution in [0.15, 0.2) is 97.3 Å². The third kappa shape index (κ3) is 4.94. The smallest absolute Gasteiger partial charge is 0.226 e. The Kier molecular flexibility index (Phi) is 6.95. The zero-order chi connectivity index (χ0) is 24.9. The molecule has 4 aromatic rings. The Morgan fingerprint density at radius 3 is 2.67 bits per heavy atom. The summed E-state index contributed by atoms with van der Waals surface area (Å²) in [6.45, 7) is 0.460. The van der Waals surface area contributed by atoms with Crippen LogP contribution in [-0.2, 0) is 4.79 Å². The van der Waals surface area contributed by atoms with Crippen molar-refractivity contribution in [1.29, 1.82) is 0 Å². The lowest BCUT2D eigenvalue weighted by molar-refractivity contribution is -0.116. The lowest BCUT2D eigenvalue weighted by Crippen LogP contribution is -2.33. The third-order valence-electron chi connectivity index (χ3n) is 6.25. The number of ether oxygens (including phenoxy) is 1. The number of aromatic nitrogens is 2. The zero-order valence-corrected chi connectivity index (χ0v) is 20.7. The number of benzene rings is 2. The Balaban J connectivity index is 1.46. The van der Waals surface area contributed by atoms with Crippen LogP contribution in [0.3, 0.4) is 0 Å². The first-order valence-electron chi connectivity index (χ1n) is 11.8. The first-order chi connectivity index (χ1) is 17.6. The first kappa shape index (κ1) is 23.6. The first-order valence-corrected chi connectivity index (χ1v) is 12.2. The SMILES string of the molecule is COc1cccc(-n2cccc2C2C(c3ccccn3)NC(=S)N2CCC(=O)Nc2ccccc2)c1. The molecule has 182 valence electrons. The predicted molar refractivity (Wildman–Crippen MR) is 144 cm³/mol. The van der Waals surface area contributed by atoms with Crippen molar-refractivity contribution in [2.75, 3.05) is 19.0 Å². The van der Waals surface area contributed by atoms with Gasteiger partial charge in [-0.2, -0.15) is 0 Å². The van der Waals surface area contributed by atoms with Crippen LogP contribution < -0.4 is 15.4 Å². The summed E-state index contributed by atoms with van der Waals surface area (Å²) in [5.74, 6) is 0.718. The van der Waals surface area contributed by atoms with Crippen molar-refractivity contribution < 1.29 is 9.53 Å². The van der Waals surface area contributed by atoms with E-state index in [0.29, 0.717) is 18.1 Å². The number of anilines is 1. The minimum Gasteiger partial charge on any atom is -0.497 e. The van der Waals surface area contributed by atoms with Gasteiger partial charge in [0.1, 0.15) is 5.75 Å². The molecule has 2 aromatic carbocycles. The van der Waals surface area contributed by atoms with Crippen LogP contribution >= 0.6 is 12.2 Å². The molecule has 1 fully saturated rings. The number of rotatable bonds is 8. The van der Waals surface area contributed by atoms with E-state index in [1.54, 1.807) is 13.3 Å². The lowest BCUT2D eigenvalue weighted by atomic mass is 10.0. The summed E-state index contributed by atoms with van der Waals surface area (Å²) in [5.41, 5.74) is 3.68. The van der Waals surface area contributed by atoms with Gasteiger partial charge in [0.15, 0.2) is 5.11 Å². The van der Waals surface area contributed by atoms with Crippen molar-refractivity contribution in [3.8, 4) is 11.4 Å². The summed E-state index contributed by atoms with van der Waals surface area (Å²) >= 11 is 5.78. The maximum atomic E-state index is 12.7. The number of carbonyl (C=O) groups excluding carboxylic acids is 1. The topological polar surface area (TPSA) is 71.4 Å². The van der Waals surface area contributed by atoms with Gasteiger partial charge in [0.05, 0.1) is 24.9 Å². The molecule has 0 spiro atoms. The van der Waals surface area contributed by atoms with Crippen molar-refractivity contribution in [2.45, 2.75) is 18.5 Å². The van der Waals surface area contributed by atoms with E-state index < -0.39 is 0 Å². The van der Waals surface area contributed by atoms with Crippen LogP contribution in [0.2, 0.25) is 0 Å². The summed E-state index contributed by atoms with van der Waals surface area (Å²) in [6.07, 6.45) is 4.11. The van der Waals surface area contributed by atoms with Gasteiger partial charge in [-0.25, -0.2) is 0 Å². The number of hydrogen-bond donors (Lipinski definition) is 2. The summed E-state index contributed by atoms with van der Waals surface area (Å²) < 4.78 is 7.58. The maximum Gasteiger partial charge on any atom is 0.226 e. The fourth-order valence-electron chi connectivity index (χ4n) is 4.57. The highest BCUT2D eigenvalue weighted by Gasteiger charge is 2.41. The molecule has 2 unspecified atom stereocenters. The number of thiocarbonyl (C=S) groups is 1. The molecule has 0 saturated carbocycles. The molecule has 1 amide bonds. The molecule has 2 N–H and O–H groups in total. The van der Waals surface area contributed by atoms with Gasteiger partial charge in [0, 0.05) is 48.5 Å². The second-order valence-corrected chi connectivity index (χ2v) is 8.88. The fourth-order valence-corrected chi connectivity index (χ4v) is 4.90. The molecule has 5 rings (SSSR count). The minimum atomic E-state index is -0.171. The number of nitrogens with zero attached hydrogens (tertiary/aromatic N) is 3. The Bertz CT molecular complexity index is 1340. The normalized spacial score (nSPS) is 17.0. The molecule has 1 saturated heterocycles. The molecular weight excluding hydrogens is 470 g/mol. The number of pyridine rings is 1. The van der Waals surface area contributed by atoms with E-state index in [0.717, 1.165) is 28.5 Å². The molecule has 0 aliphatic carbocycles. The molecular formula is C28H27N5O2S. The molecule has 2 aromatic heterocycles. The number of para-hydroxylation sites is 1. The van der Waals surface area contributed by atoms with Crippen molar-refractivity contribution in [3.05, 3.63) is 109 Å². The number of nitrogens with one attached hydrogen (secondary N) is 2. The van der Waals surface area contributed by atoms with E-state index in [1.165, 1.54) is 0 Å². The molecule has 2 atom stereocenters. The van der Waals surface area contributed by atoms with Crippen LogP contribution in [0, 0.1) is 0 Å². The van der Waals surface area contributed by atoms with Crippen LogP contribution in [0.1, 0.15) is 29.9 Å². The Labute approximate surface area is 215 Å². The lowest BCUT2D eigenvalue weighted by Gasteiger charge is -2.29. The third-order valence-corrected chi connectivity index (χ3v) is 6.60.